The minimum absolute atomic E-state index is 0.0280. The summed E-state index contributed by atoms with van der Waals surface area (Å²) in [6.07, 6.45) is 0. The molecule has 3 N–H and O–H groups in total. The Morgan fingerprint density at radius 1 is 0.870 bits per heavy atom. The van der Waals surface area contributed by atoms with Crippen molar-refractivity contribution in [2.75, 3.05) is 5.32 Å². The summed E-state index contributed by atoms with van der Waals surface area (Å²) in [7, 11) is -3.76. The highest BCUT2D eigenvalue weighted by molar-refractivity contribution is 7.89. The number of hydrogen-bond donors (Lipinski definition) is 2. The molecule has 0 spiro atoms. The first-order valence-corrected chi connectivity index (χ1v) is 8.41. The third kappa shape index (κ3) is 3.39. The molecule has 0 atom stereocenters. The molecule has 0 radical (unpaired) electrons. The van der Waals surface area contributed by atoms with Gasteiger partial charge in [-0.05, 0) is 47.2 Å². The Bertz CT molecular complexity index is 980. The van der Waals surface area contributed by atoms with Crippen molar-refractivity contribution in [2.45, 2.75) is 4.90 Å². The Morgan fingerprint density at radius 2 is 1.52 bits per heavy atom. The fourth-order valence-corrected chi connectivity index (χ4v) is 2.78. The van der Waals surface area contributed by atoms with Crippen LogP contribution in [0.3, 0.4) is 0 Å². The highest BCUT2D eigenvalue weighted by Gasteiger charge is 2.10. The van der Waals surface area contributed by atoms with Gasteiger partial charge in [0.15, 0.2) is 0 Å². The number of benzene rings is 3. The minimum atomic E-state index is -3.76. The number of sulfonamides is 1. The van der Waals surface area contributed by atoms with E-state index in [1.165, 1.54) is 24.3 Å². The number of carbonyl (C=O) groups is 1. The van der Waals surface area contributed by atoms with Crippen molar-refractivity contribution in [3.8, 4) is 0 Å². The summed E-state index contributed by atoms with van der Waals surface area (Å²) < 4.78 is 22.4. The smallest absolute Gasteiger partial charge is 0.255 e. The van der Waals surface area contributed by atoms with Crippen LogP contribution in [0, 0.1) is 0 Å². The molecule has 23 heavy (non-hydrogen) atoms. The number of primary sulfonamides is 1. The molecule has 3 aromatic carbocycles. The van der Waals surface area contributed by atoms with Gasteiger partial charge in [0.25, 0.3) is 5.91 Å². The van der Waals surface area contributed by atoms with Gasteiger partial charge >= 0.3 is 0 Å². The Hall–Kier alpha value is -2.70. The van der Waals surface area contributed by atoms with Gasteiger partial charge in [-0.15, -0.1) is 0 Å². The van der Waals surface area contributed by atoms with Gasteiger partial charge in [0.2, 0.25) is 10.0 Å². The van der Waals surface area contributed by atoms with Crippen LogP contribution in [0.1, 0.15) is 10.4 Å². The molecule has 0 unspecified atom stereocenters. The van der Waals surface area contributed by atoms with E-state index in [1.54, 1.807) is 0 Å². The van der Waals surface area contributed by atoms with E-state index in [4.69, 9.17) is 5.14 Å². The molecule has 0 aromatic heterocycles. The topological polar surface area (TPSA) is 89.3 Å². The molecule has 0 heterocycles. The third-order valence-electron chi connectivity index (χ3n) is 3.45. The van der Waals surface area contributed by atoms with Crippen molar-refractivity contribution in [2.24, 2.45) is 5.14 Å². The molecule has 0 bridgehead atoms. The molecule has 3 rings (SSSR count). The maximum atomic E-state index is 12.2. The van der Waals surface area contributed by atoms with Gasteiger partial charge < -0.3 is 5.32 Å². The largest absolute Gasteiger partial charge is 0.322 e. The quantitative estimate of drug-likeness (QED) is 0.775. The van der Waals surface area contributed by atoms with Gasteiger partial charge in [-0.2, -0.15) is 0 Å². The van der Waals surface area contributed by atoms with Crippen molar-refractivity contribution in [1.29, 1.82) is 0 Å². The lowest BCUT2D eigenvalue weighted by atomic mass is 10.1. The van der Waals surface area contributed by atoms with Crippen LogP contribution in [-0.2, 0) is 10.0 Å². The highest BCUT2D eigenvalue weighted by atomic mass is 32.2. The Labute approximate surface area is 133 Å². The van der Waals surface area contributed by atoms with E-state index >= 15 is 0 Å². The average molecular weight is 326 g/mol. The molecule has 3 aromatic rings. The molecule has 0 saturated heterocycles. The summed E-state index contributed by atoms with van der Waals surface area (Å²) in [6.45, 7) is 0. The molecular weight excluding hydrogens is 312 g/mol. The van der Waals surface area contributed by atoms with E-state index in [0.717, 1.165) is 10.8 Å². The fraction of sp³-hybridized carbons (Fsp3) is 0. The summed E-state index contributed by atoms with van der Waals surface area (Å²) in [5, 5.41) is 9.93. The maximum Gasteiger partial charge on any atom is 0.255 e. The summed E-state index contributed by atoms with van der Waals surface area (Å²) in [4.78, 5) is 12.2. The summed E-state index contributed by atoms with van der Waals surface area (Å²) in [6, 6.07) is 18.9. The number of fused-ring (bicyclic) bond motifs is 1. The standard InChI is InChI=1S/C17H14N2O3S/c18-23(21,22)16-9-6-13(7-10-16)17(20)19-15-8-5-12-3-1-2-4-14(12)11-15/h1-11H,(H,19,20)(H2,18,21,22). The lowest BCUT2D eigenvalue weighted by molar-refractivity contribution is 0.102. The van der Waals surface area contributed by atoms with Crippen LogP contribution in [0.5, 0.6) is 0 Å². The van der Waals surface area contributed by atoms with Crippen LogP contribution in [-0.4, -0.2) is 14.3 Å². The lowest BCUT2D eigenvalue weighted by Gasteiger charge is -2.07. The van der Waals surface area contributed by atoms with Crippen molar-refractivity contribution >= 4 is 32.4 Å². The van der Waals surface area contributed by atoms with Crippen LogP contribution < -0.4 is 10.5 Å². The number of anilines is 1. The van der Waals surface area contributed by atoms with Crippen LogP contribution >= 0.6 is 0 Å². The third-order valence-corrected chi connectivity index (χ3v) is 4.38. The van der Waals surface area contributed by atoms with E-state index in [1.807, 2.05) is 42.5 Å². The molecular formula is C17H14N2O3S. The predicted molar refractivity (Wildman–Crippen MR) is 89.7 cm³/mol. The van der Waals surface area contributed by atoms with E-state index < -0.39 is 10.0 Å². The number of carbonyl (C=O) groups excluding carboxylic acids is 1. The predicted octanol–water partition coefficient (Wildman–Crippen LogP) is 2.74. The Balaban J connectivity index is 1.82. The Morgan fingerprint density at radius 3 is 2.17 bits per heavy atom. The molecule has 5 nitrogen and oxygen atoms in total. The summed E-state index contributed by atoms with van der Waals surface area (Å²) in [5.74, 6) is -0.318. The van der Waals surface area contributed by atoms with Gasteiger partial charge in [-0.3, -0.25) is 4.79 Å². The van der Waals surface area contributed by atoms with Gasteiger partial charge in [0.1, 0.15) is 0 Å². The first-order chi connectivity index (χ1) is 10.9. The van der Waals surface area contributed by atoms with Gasteiger partial charge in [0, 0.05) is 11.3 Å². The monoisotopic (exact) mass is 326 g/mol. The maximum absolute atomic E-state index is 12.2. The number of rotatable bonds is 3. The van der Waals surface area contributed by atoms with Crippen molar-refractivity contribution in [1.82, 2.24) is 0 Å². The van der Waals surface area contributed by atoms with Gasteiger partial charge in [0.05, 0.1) is 4.90 Å². The number of amides is 1. The second-order valence-corrected chi connectivity index (χ2v) is 6.65. The highest BCUT2D eigenvalue weighted by Crippen LogP contribution is 2.19. The zero-order valence-electron chi connectivity index (χ0n) is 12.1. The molecule has 1 amide bonds. The van der Waals surface area contributed by atoms with Crippen LogP contribution in [0.15, 0.2) is 71.6 Å². The molecule has 0 aliphatic heterocycles. The summed E-state index contributed by atoms with van der Waals surface area (Å²) in [5.41, 5.74) is 1.02. The van der Waals surface area contributed by atoms with E-state index in [9.17, 15) is 13.2 Å². The van der Waals surface area contributed by atoms with Crippen LogP contribution in [0.4, 0.5) is 5.69 Å². The first-order valence-electron chi connectivity index (χ1n) is 6.86. The lowest BCUT2D eigenvalue weighted by Crippen LogP contribution is -2.14. The van der Waals surface area contributed by atoms with Crippen LogP contribution in [0.2, 0.25) is 0 Å². The van der Waals surface area contributed by atoms with E-state index in [2.05, 4.69) is 5.32 Å². The molecule has 0 aliphatic carbocycles. The van der Waals surface area contributed by atoms with Crippen molar-refractivity contribution in [3.63, 3.8) is 0 Å². The molecule has 116 valence electrons. The van der Waals surface area contributed by atoms with Crippen molar-refractivity contribution < 1.29 is 13.2 Å². The molecule has 0 aliphatic rings. The fourth-order valence-electron chi connectivity index (χ4n) is 2.27. The van der Waals surface area contributed by atoms with Gasteiger partial charge in [-0.1, -0.05) is 30.3 Å². The second-order valence-electron chi connectivity index (χ2n) is 5.09. The van der Waals surface area contributed by atoms with Crippen molar-refractivity contribution in [3.05, 3.63) is 72.3 Å². The molecule has 6 heteroatoms. The number of hydrogen-bond acceptors (Lipinski definition) is 3. The Kier molecular flexibility index (Phi) is 3.85. The SMILES string of the molecule is NS(=O)(=O)c1ccc(C(=O)Nc2ccc3ccccc3c2)cc1. The van der Waals surface area contributed by atoms with Crippen LogP contribution in [0.25, 0.3) is 10.8 Å². The normalized spacial score (nSPS) is 11.3. The minimum Gasteiger partial charge on any atom is -0.322 e. The molecule has 0 saturated carbocycles. The van der Waals surface area contributed by atoms with E-state index in [0.29, 0.717) is 11.3 Å². The van der Waals surface area contributed by atoms with Gasteiger partial charge in [-0.25, -0.2) is 13.6 Å². The zero-order valence-corrected chi connectivity index (χ0v) is 12.9. The second kappa shape index (κ2) is 5.83. The number of nitrogens with one attached hydrogen (secondary N) is 1. The first kappa shape index (κ1) is 15.2. The summed E-state index contributed by atoms with van der Waals surface area (Å²) >= 11 is 0. The van der Waals surface area contributed by atoms with E-state index in [-0.39, 0.29) is 10.8 Å². The zero-order chi connectivity index (χ0) is 16.4. The average Bonchev–Trinajstić information content (AvgIpc) is 2.54. The number of nitrogens with two attached hydrogens (primary N) is 1. The molecule has 0 fully saturated rings.